The number of carbonyl (C=O) groups is 1. The van der Waals surface area contributed by atoms with E-state index >= 15 is 0 Å². The van der Waals surface area contributed by atoms with Crippen molar-refractivity contribution in [3.63, 3.8) is 0 Å². The van der Waals surface area contributed by atoms with Crippen LogP contribution in [0.5, 0.6) is 0 Å². The van der Waals surface area contributed by atoms with Crippen LogP contribution in [0.1, 0.15) is 33.6 Å². The molecule has 0 aromatic heterocycles. The predicted molar refractivity (Wildman–Crippen MR) is 91.7 cm³/mol. The molecule has 0 aromatic carbocycles. The van der Waals surface area contributed by atoms with E-state index in [9.17, 15) is 4.79 Å². The molecule has 0 saturated carbocycles. The molecular weight excluding hydrogens is 270 g/mol. The molecule has 0 spiro atoms. The van der Waals surface area contributed by atoms with E-state index in [0.717, 1.165) is 24.5 Å². The van der Waals surface area contributed by atoms with Gasteiger partial charge in [0.15, 0.2) is 0 Å². The zero-order chi connectivity index (χ0) is 15.6. The van der Waals surface area contributed by atoms with Crippen LogP contribution in [0.4, 0.5) is 0 Å². The molecule has 0 aliphatic rings. The second kappa shape index (κ2) is 17.7. The molecule has 0 bridgehead atoms. The molecule has 0 amide bonds. The topological polar surface area (TPSA) is 49.7 Å². The minimum absolute atomic E-state index is 0.347. The molecule has 0 aliphatic carbocycles. The molecule has 0 radical (unpaired) electrons. The maximum atomic E-state index is 10.0. The number of carboxylic acid groups (broad SMARTS) is 1. The van der Waals surface area contributed by atoms with Crippen molar-refractivity contribution in [2.75, 3.05) is 11.6 Å². The Bertz CT molecular complexity index is 322. The standard InChI is InChI=1S/C10H17NS.C6H10O2/c1-3-4-5-6-7-8-9-12-10-11-2;1-3-4-5(2)6(7)8/h4-7H,2-3,8-10H2,1H3;3-5H,1-2H3,(H,7,8)/b5-4-,7-6-;4-3-. The van der Waals surface area contributed by atoms with E-state index in [0.29, 0.717) is 0 Å². The molecule has 0 aliphatic heterocycles. The van der Waals surface area contributed by atoms with Gasteiger partial charge in [-0.25, -0.2) is 0 Å². The van der Waals surface area contributed by atoms with Crippen molar-refractivity contribution in [2.45, 2.75) is 33.6 Å². The van der Waals surface area contributed by atoms with Gasteiger partial charge in [-0.05, 0) is 39.2 Å². The van der Waals surface area contributed by atoms with Gasteiger partial charge < -0.3 is 5.11 Å². The van der Waals surface area contributed by atoms with Crippen molar-refractivity contribution >= 4 is 24.4 Å². The molecule has 3 nitrogen and oxygen atoms in total. The molecule has 1 N–H and O–H groups in total. The minimum atomic E-state index is -0.775. The van der Waals surface area contributed by atoms with Gasteiger partial charge in [0.25, 0.3) is 0 Å². The Morgan fingerprint density at radius 1 is 1.40 bits per heavy atom. The molecule has 1 unspecified atom stereocenters. The fourth-order valence-corrected chi connectivity index (χ4v) is 1.60. The van der Waals surface area contributed by atoms with Crippen molar-refractivity contribution in [1.29, 1.82) is 0 Å². The fourth-order valence-electron chi connectivity index (χ4n) is 1.04. The number of hydrogen-bond donors (Lipinski definition) is 1. The summed E-state index contributed by atoms with van der Waals surface area (Å²) in [6.45, 7) is 9.00. The second-order valence-electron chi connectivity index (χ2n) is 3.97. The van der Waals surface area contributed by atoms with Gasteiger partial charge >= 0.3 is 5.97 Å². The van der Waals surface area contributed by atoms with Crippen molar-refractivity contribution in [3.05, 3.63) is 36.5 Å². The van der Waals surface area contributed by atoms with Crippen molar-refractivity contribution < 1.29 is 9.90 Å². The highest BCUT2D eigenvalue weighted by molar-refractivity contribution is 7.99. The summed E-state index contributed by atoms with van der Waals surface area (Å²) in [6, 6.07) is 0. The van der Waals surface area contributed by atoms with E-state index in [1.165, 1.54) is 0 Å². The van der Waals surface area contributed by atoms with E-state index in [2.05, 4.69) is 42.9 Å². The first-order valence-electron chi connectivity index (χ1n) is 6.77. The van der Waals surface area contributed by atoms with Crippen molar-refractivity contribution in [2.24, 2.45) is 10.9 Å². The van der Waals surface area contributed by atoms with Crippen LogP contribution < -0.4 is 0 Å². The third-order valence-electron chi connectivity index (χ3n) is 2.10. The highest BCUT2D eigenvalue weighted by Crippen LogP contribution is 2.02. The van der Waals surface area contributed by atoms with Crippen LogP contribution in [0.15, 0.2) is 41.4 Å². The van der Waals surface area contributed by atoms with Crippen molar-refractivity contribution in [3.8, 4) is 0 Å². The van der Waals surface area contributed by atoms with Gasteiger partial charge in [0.2, 0.25) is 0 Å². The average Bonchev–Trinajstić information content (AvgIpc) is 2.43. The van der Waals surface area contributed by atoms with Gasteiger partial charge in [-0.3, -0.25) is 9.79 Å². The quantitative estimate of drug-likeness (QED) is 0.293. The summed E-state index contributed by atoms with van der Waals surface area (Å²) < 4.78 is 0. The third-order valence-corrected chi connectivity index (χ3v) is 2.99. The van der Waals surface area contributed by atoms with E-state index in [4.69, 9.17) is 5.11 Å². The Morgan fingerprint density at radius 3 is 2.50 bits per heavy atom. The van der Waals surface area contributed by atoms with E-state index in [-0.39, 0.29) is 5.92 Å². The summed E-state index contributed by atoms with van der Waals surface area (Å²) in [4.78, 5) is 13.8. The Balaban J connectivity index is 0. The van der Waals surface area contributed by atoms with E-state index in [1.807, 2.05) is 11.8 Å². The number of rotatable bonds is 9. The molecule has 1 atom stereocenters. The zero-order valence-corrected chi connectivity index (χ0v) is 13.6. The first kappa shape index (κ1) is 21.0. The SMILES string of the molecule is C/C=C\C(C)C(=O)O.C=NCSCC/C=C\C=C/CC. The predicted octanol–water partition coefficient (Wildman–Crippen LogP) is 4.57. The Morgan fingerprint density at radius 2 is 2.05 bits per heavy atom. The van der Waals surface area contributed by atoms with Crippen LogP contribution in [0, 0.1) is 5.92 Å². The maximum absolute atomic E-state index is 10.0. The number of allylic oxidation sites excluding steroid dienone is 5. The normalized spacial score (nSPS) is 12.6. The largest absolute Gasteiger partial charge is 0.481 e. The van der Waals surface area contributed by atoms with Gasteiger partial charge in [-0.1, -0.05) is 43.4 Å². The van der Waals surface area contributed by atoms with Crippen LogP contribution in [0.25, 0.3) is 0 Å². The summed E-state index contributed by atoms with van der Waals surface area (Å²) in [7, 11) is 0. The molecule has 114 valence electrons. The third kappa shape index (κ3) is 19.1. The summed E-state index contributed by atoms with van der Waals surface area (Å²) in [5.74, 6) is 0.830. The van der Waals surface area contributed by atoms with Gasteiger partial charge in [0, 0.05) is 0 Å². The molecule has 0 fully saturated rings. The fraction of sp³-hybridized carbons (Fsp3) is 0.500. The lowest BCUT2D eigenvalue weighted by Gasteiger charge is -1.93. The zero-order valence-electron chi connectivity index (χ0n) is 12.8. The molecule has 0 aromatic rings. The average molecular weight is 297 g/mol. The van der Waals surface area contributed by atoms with Crippen LogP contribution >= 0.6 is 11.8 Å². The van der Waals surface area contributed by atoms with Crippen LogP contribution in [-0.4, -0.2) is 29.4 Å². The number of nitrogens with zero attached hydrogens (tertiary/aromatic N) is 1. The minimum Gasteiger partial charge on any atom is -0.481 e. The Labute approximate surface area is 127 Å². The number of hydrogen-bond acceptors (Lipinski definition) is 3. The van der Waals surface area contributed by atoms with Crippen LogP contribution in [0.2, 0.25) is 0 Å². The van der Waals surface area contributed by atoms with Gasteiger partial charge in [-0.15, -0.1) is 11.8 Å². The van der Waals surface area contributed by atoms with Crippen molar-refractivity contribution in [1.82, 2.24) is 0 Å². The lowest BCUT2D eigenvalue weighted by molar-refractivity contribution is -0.139. The molecule has 0 rings (SSSR count). The smallest absolute Gasteiger partial charge is 0.310 e. The maximum Gasteiger partial charge on any atom is 0.310 e. The number of thioether (sulfide) groups is 1. The Kier molecular flexibility index (Phi) is 18.6. The highest BCUT2D eigenvalue weighted by atomic mass is 32.2. The summed E-state index contributed by atoms with van der Waals surface area (Å²) in [5.41, 5.74) is 0. The van der Waals surface area contributed by atoms with Gasteiger partial charge in [-0.2, -0.15) is 0 Å². The molecule has 4 heteroatoms. The summed E-state index contributed by atoms with van der Waals surface area (Å²) in [5, 5.41) is 8.26. The van der Waals surface area contributed by atoms with E-state index in [1.54, 1.807) is 26.0 Å². The van der Waals surface area contributed by atoms with Gasteiger partial charge in [0.1, 0.15) is 0 Å². The highest BCUT2D eigenvalue weighted by Gasteiger charge is 2.03. The van der Waals surface area contributed by atoms with E-state index < -0.39 is 5.97 Å². The first-order chi connectivity index (χ1) is 9.59. The van der Waals surface area contributed by atoms with Crippen LogP contribution in [-0.2, 0) is 4.79 Å². The lowest BCUT2D eigenvalue weighted by Crippen LogP contribution is -2.05. The number of carboxylic acids is 1. The first-order valence-corrected chi connectivity index (χ1v) is 7.93. The number of aliphatic carboxylic acids is 1. The number of aliphatic imine (C=N–C) groups is 1. The molecular formula is C16H27NO2S. The Hall–Kier alpha value is -1.29. The lowest BCUT2D eigenvalue weighted by atomic mass is 10.2. The van der Waals surface area contributed by atoms with Crippen LogP contribution in [0.3, 0.4) is 0 Å². The summed E-state index contributed by atoms with van der Waals surface area (Å²) >= 11 is 1.81. The summed E-state index contributed by atoms with van der Waals surface area (Å²) in [6.07, 6.45) is 14.1. The second-order valence-corrected chi connectivity index (χ2v) is 5.04. The van der Waals surface area contributed by atoms with Gasteiger partial charge in [0.05, 0.1) is 11.8 Å². The molecule has 0 saturated heterocycles. The molecule has 20 heavy (non-hydrogen) atoms. The molecule has 0 heterocycles. The monoisotopic (exact) mass is 297 g/mol.